The molecule has 2 aliphatic rings. The number of alkyl halides is 6. The molecule has 0 aromatic carbocycles. The Morgan fingerprint density at radius 3 is 2.44 bits per heavy atom. The minimum absolute atomic E-state index is 0.114. The van der Waals surface area contributed by atoms with E-state index in [0.29, 0.717) is 0 Å². The van der Waals surface area contributed by atoms with Crippen molar-refractivity contribution in [3.8, 4) is 0 Å². The Labute approximate surface area is 102 Å². The minimum atomic E-state index is -4.87. The van der Waals surface area contributed by atoms with Gasteiger partial charge in [0.1, 0.15) is 12.1 Å². The molecule has 4 nitrogen and oxygen atoms in total. The standard InChI is InChI=1S/C6H2Cl3F3N4/c7-4(8)2-3(14-1-13-2)15-5(9,16-4)6(10,11)12/h1,16H. The number of nitrogens with zero attached hydrogens (tertiary/aromatic N) is 3. The summed E-state index contributed by atoms with van der Waals surface area (Å²) in [7, 11) is 0. The van der Waals surface area contributed by atoms with Crippen molar-refractivity contribution in [2.75, 3.05) is 0 Å². The van der Waals surface area contributed by atoms with Gasteiger partial charge in [-0.2, -0.15) is 13.2 Å². The molecule has 0 fully saturated rings. The Kier molecular flexibility index (Phi) is 2.51. The third-order valence-corrected chi connectivity index (χ3v) is 2.77. The first-order valence-electron chi connectivity index (χ1n) is 3.79. The maximum absolute atomic E-state index is 12.6. The van der Waals surface area contributed by atoms with Crippen molar-refractivity contribution in [3.05, 3.63) is 0 Å². The van der Waals surface area contributed by atoms with E-state index in [0.717, 1.165) is 6.34 Å². The van der Waals surface area contributed by atoms with E-state index in [4.69, 9.17) is 34.8 Å². The van der Waals surface area contributed by atoms with Crippen molar-refractivity contribution in [2.45, 2.75) is 15.8 Å². The molecule has 88 valence electrons. The number of fused-ring (bicyclic) bond motifs is 1. The maximum atomic E-state index is 12.6. The number of rotatable bonds is 0. The zero-order valence-corrected chi connectivity index (χ0v) is 9.45. The van der Waals surface area contributed by atoms with Crippen LogP contribution in [0.3, 0.4) is 0 Å². The van der Waals surface area contributed by atoms with E-state index < -0.39 is 15.8 Å². The molecule has 10 heteroatoms. The molecule has 0 amide bonds. The van der Waals surface area contributed by atoms with E-state index in [1.54, 1.807) is 5.32 Å². The van der Waals surface area contributed by atoms with Crippen molar-refractivity contribution in [1.82, 2.24) is 5.32 Å². The van der Waals surface area contributed by atoms with Gasteiger partial charge in [-0.3, -0.25) is 0 Å². The topological polar surface area (TPSA) is 49.1 Å². The maximum Gasteiger partial charge on any atom is 0.442 e. The minimum Gasteiger partial charge on any atom is -0.235 e. The van der Waals surface area contributed by atoms with Crippen molar-refractivity contribution < 1.29 is 13.2 Å². The fraction of sp³-hybridized carbons (Fsp3) is 0.500. The lowest BCUT2D eigenvalue weighted by atomic mass is 10.2. The lowest BCUT2D eigenvalue weighted by molar-refractivity contribution is -0.168. The second-order valence-electron chi connectivity index (χ2n) is 2.98. The van der Waals surface area contributed by atoms with E-state index in [2.05, 4.69) is 15.0 Å². The Morgan fingerprint density at radius 2 is 1.88 bits per heavy atom. The third-order valence-electron chi connectivity index (χ3n) is 1.83. The molecule has 1 N–H and O–H groups in total. The van der Waals surface area contributed by atoms with Crippen LogP contribution in [0.4, 0.5) is 13.2 Å². The van der Waals surface area contributed by atoms with E-state index >= 15 is 0 Å². The molecule has 2 aliphatic heterocycles. The van der Waals surface area contributed by atoms with Crippen LogP contribution in [0.5, 0.6) is 0 Å². The summed E-state index contributed by atoms with van der Waals surface area (Å²) in [6.45, 7) is 0. The van der Waals surface area contributed by atoms with Crippen LogP contribution in [0.2, 0.25) is 0 Å². The Bertz CT molecular complexity index is 427. The molecule has 0 radical (unpaired) electrons. The van der Waals surface area contributed by atoms with Crippen LogP contribution in [0, 0.1) is 0 Å². The summed E-state index contributed by atoms with van der Waals surface area (Å²) < 4.78 is 35.8. The van der Waals surface area contributed by atoms with Crippen molar-refractivity contribution in [3.63, 3.8) is 0 Å². The molecule has 0 aromatic heterocycles. The average Bonchev–Trinajstić information content (AvgIpc) is 2.48. The quantitative estimate of drug-likeness (QED) is 0.539. The van der Waals surface area contributed by atoms with Crippen LogP contribution < -0.4 is 5.32 Å². The molecular formula is C6H2Cl3F3N4. The third kappa shape index (κ3) is 1.71. The van der Waals surface area contributed by atoms with Crippen LogP contribution in [0.1, 0.15) is 0 Å². The summed E-state index contributed by atoms with van der Waals surface area (Å²) >= 11 is 16.6. The van der Waals surface area contributed by atoms with Crippen molar-refractivity contribution in [1.29, 1.82) is 0 Å². The van der Waals surface area contributed by atoms with E-state index in [1.807, 2.05) is 0 Å². The average molecular weight is 293 g/mol. The molecule has 0 saturated carbocycles. The summed E-state index contributed by atoms with van der Waals surface area (Å²) in [5.41, 5.74) is -0.114. The van der Waals surface area contributed by atoms with Gasteiger partial charge >= 0.3 is 6.18 Å². The molecule has 0 aromatic rings. The highest BCUT2D eigenvalue weighted by Crippen LogP contribution is 2.42. The van der Waals surface area contributed by atoms with Crippen LogP contribution >= 0.6 is 34.8 Å². The van der Waals surface area contributed by atoms with Gasteiger partial charge in [-0.05, 0) is 0 Å². The molecule has 0 spiro atoms. The van der Waals surface area contributed by atoms with Gasteiger partial charge < -0.3 is 0 Å². The molecule has 1 atom stereocenters. The lowest BCUT2D eigenvalue weighted by Crippen LogP contribution is -2.63. The SMILES string of the molecule is FC(F)(F)C1(Cl)N=C2N=CN=C2C(Cl)(Cl)N1. The monoisotopic (exact) mass is 292 g/mol. The van der Waals surface area contributed by atoms with Crippen molar-refractivity contribution >= 4 is 52.7 Å². The van der Waals surface area contributed by atoms with Crippen LogP contribution in [-0.2, 0) is 0 Å². The van der Waals surface area contributed by atoms with E-state index in [1.165, 1.54) is 0 Å². The summed E-state index contributed by atoms with van der Waals surface area (Å²) in [4.78, 5) is 10.3. The second kappa shape index (κ2) is 3.32. The van der Waals surface area contributed by atoms with Crippen LogP contribution in [0.25, 0.3) is 0 Å². The zero-order chi connectivity index (χ0) is 12.2. The molecule has 16 heavy (non-hydrogen) atoms. The number of nitrogens with one attached hydrogen (secondary N) is 1. The Balaban J connectivity index is 2.52. The molecule has 0 saturated heterocycles. The fourth-order valence-corrected chi connectivity index (χ4v) is 2.00. The van der Waals surface area contributed by atoms with Gasteiger partial charge in [0, 0.05) is 0 Å². The fourth-order valence-electron chi connectivity index (χ4n) is 1.14. The molecule has 2 rings (SSSR count). The largest absolute Gasteiger partial charge is 0.442 e. The van der Waals surface area contributed by atoms with E-state index in [9.17, 15) is 13.2 Å². The number of amidine groups is 1. The number of aliphatic imine (C=N–C) groups is 3. The molecule has 2 heterocycles. The summed E-state index contributed by atoms with van der Waals surface area (Å²) in [5, 5.41) is -1.35. The van der Waals surface area contributed by atoms with Crippen LogP contribution in [0.15, 0.2) is 15.0 Å². The van der Waals surface area contributed by atoms with Crippen molar-refractivity contribution in [2.24, 2.45) is 15.0 Å². The number of halogens is 6. The van der Waals surface area contributed by atoms with Gasteiger partial charge in [0.15, 0.2) is 5.84 Å². The second-order valence-corrected chi connectivity index (χ2v) is 4.85. The molecular weight excluding hydrogens is 291 g/mol. The predicted molar refractivity (Wildman–Crippen MR) is 55.6 cm³/mol. The zero-order valence-electron chi connectivity index (χ0n) is 7.19. The van der Waals surface area contributed by atoms with Gasteiger partial charge in [-0.1, -0.05) is 34.8 Å². The lowest BCUT2D eigenvalue weighted by Gasteiger charge is -2.36. The first kappa shape index (κ1) is 12.1. The predicted octanol–water partition coefficient (Wildman–Crippen LogP) is 2.06. The van der Waals surface area contributed by atoms with Gasteiger partial charge in [-0.25, -0.2) is 20.3 Å². The summed E-state index contributed by atoms with van der Waals surface area (Å²) in [6.07, 6.45) is -3.88. The van der Waals surface area contributed by atoms with Gasteiger partial charge in [-0.15, -0.1) is 0 Å². The summed E-state index contributed by atoms with van der Waals surface area (Å²) in [5.74, 6) is -0.337. The molecule has 0 bridgehead atoms. The van der Waals surface area contributed by atoms with Gasteiger partial charge in [0.25, 0.3) is 5.12 Å². The number of hydrogen-bond donors (Lipinski definition) is 1. The van der Waals surface area contributed by atoms with Crippen LogP contribution in [-0.4, -0.2) is 33.6 Å². The number of hydrogen-bond acceptors (Lipinski definition) is 4. The first-order valence-corrected chi connectivity index (χ1v) is 4.93. The molecule has 0 aliphatic carbocycles. The highest BCUT2D eigenvalue weighted by molar-refractivity contribution is 6.70. The van der Waals surface area contributed by atoms with Gasteiger partial charge in [0.2, 0.25) is 4.46 Å². The Hall–Kier alpha value is -0.370. The highest BCUT2D eigenvalue weighted by atomic mass is 35.5. The smallest absolute Gasteiger partial charge is 0.235 e. The highest BCUT2D eigenvalue weighted by Gasteiger charge is 2.61. The molecule has 1 unspecified atom stereocenters. The normalized spacial score (nSPS) is 32.1. The first-order chi connectivity index (χ1) is 7.16. The summed E-state index contributed by atoms with van der Waals surface area (Å²) in [6, 6.07) is 0. The Morgan fingerprint density at radius 1 is 1.25 bits per heavy atom. The van der Waals surface area contributed by atoms with E-state index in [-0.39, 0.29) is 11.5 Å². The van der Waals surface area contributed by atoms with Gasteiger partial charge in [0.05, 0.1) is 0 Å².